The van der Waals surface area contributed by atoms with Crippen molar-refractivity contribution in [3.05, 3.63) is 232 Å². The maximum Gasteiger partial charge on any atom is 0.394 e. The van der Waals surface area contributed by atoms with E-state index in [4.69, 9.17) is 11.6 Å². The number of hydrogen-bond donors (Lipinski definition) is 3. The molecule has 15 rings (SSSR count). The molecule has 9 heterocycles. The van der Waals surface area contributed by atoms with Crippen molar-refractivity contribution in [3.8, 4) is 5.75 Å². The van der Waals surface area contributed by atoms with Crippen LogP contribution in [0.4, 0.5) is 56.4 Å². The second-order valence-electron chi connectivity index (χ2n) is 26.0. The molecule has 9 aromatic rings. The molecular formula is C76H76ClF3N18O4. The van der Waals surface area contributed by atoms with Crippen molar-refractivity contribution in [1.29, 1.82) is 0 Å². The molecule has 0 spiro atoms. The second kappa shape index (κ2) is 30.6. The number of aromatic nitrogens is 9. The Morgan fingerprint density at radius 2 is 0.892 bits per heavy atom. The van der Waals surface area contributed by atoms with Crippen LogP contribution in [0.15, 0.2) is 159 Å². The quantitative estimate of drug-likeness (QED) is 0.103. The molecule has 3 aliphatic carbocycles. The van der Waals surface area contributed by atoms with Crippen LogP contribution in [0.5, 0.6) is 5.75 Å². The summed E-state index contributed by atoms with van der Waals surface area (Å²) in [7, 11) is 0. The van der Waals surface area contributed by atoms with Crippen molar-refractivity contribution in [3.63, 3.8) is 0 Å². The van der Waals surface area contributed by atoms with E-state index in [0.29, 0.717) is 70.7 Å². The number of rotatable bonds is 12. The highest BCUT2D eigenvalue weighted by Crippen LogP contribution is 2.39. The molecule has 102 heavy (non-hydrogen) atoms. The lowest BCUT2D eigenvalue weighted by atomic mass is 10.1. The first-order valence-corrected chi connectivity index (χ1v) is 34.2. The van der Waals surface area contributed by atoms with Crippen LogP contribution in [0.1, 0.15) is 89.3 Å². The maximum absolute atomic E-state index is 13.4. The van der Waals surface area contributed by atoms with E-state index in [9.17, 15) is 27.6 Å². The standard InChI is InChI=1S/C26H26F2N6O2.C26H28N6O.C24H22ClFN6O/c1-17-15-33(24-22-13-19(14-23(22)30-16-31-24)18-7-9-29-10-8-18)11-12-34(17)25(35)32-20-3-5-21(6-4-20)36-26(2,27)28;1-18-3-5-20(6-4-18)15-28-26(33)32-12-11-31(16-19(32)2)25-23-13-22(14-24(23)29-17-30-25)21-7-9-27-10-8-21;1-15-13-31(8-9-32(15)24(33)30-18-2-3-21(26)20(25)12-18)23-19-10-17(11-22(19)28-14-29-23)16-4-6-27-7-5-16/h3-10,13,16-17H,11-12,14-15H2,1-2H3,(H,32,35);3-10,13,17,19H,11-12,14-16H2,1-2H3,(H,28,33);2-7,10,12,14-15H,8-9,11,13H2,1H3,(H,30,33)/t17-;19-;15-/m000/s1. The molecule has 6 aliphatic rings. The zero-order valence-electron chi connectivity index (χ0n) is 57.0. The summed E-state index contributed by atoms with van der Waals surface area (Å²) in [6.45, 7) is 15.1. The summed E-state index contributed by atoms with van der Waals surface area (Å²) in [5.41, 5.74) is 16.5. The number of piperazine rings is 3. The molecule has 3 saturated heterocycles. The molecular weight excluding hydrogens is 1320 g/mol. The van der Waals surface area contributed by atoms with E-state index in [2.05, 4.69) is 137 Å². The van der Waals surface area contributed by atoms with Gasteiger partial charge >= 0.3 is 24.2 Å². The van der Waals surface area contributed by atoms with Crippen LogP contribution < -0.4 is 35.4 Å². The Bertz CT molecular complexity index is 4610. The van der Waals surface area contributed by atoms with Gasteiger partial charge < -0.3 is 50.1 Å². The Hall–Kier alpha value is -11.3. The Morgan fingerprint density at radius 3 is 1.27 bits per heavy atom. The van der Waals surface area contributed by atoms with Gasteiger partial charge in [0.25, 0.3) is 0 Å². The predicted molar refractivity (Wildman–Crippen MR) is 389 cm³/mol. The number of amides is 6. The van der Waals surface area contributed by atoms with Crippen molar-refractivity contribution in [2.75, 3.05) is 84.2 Å². The fourth-order valence-electron chi connectivity index (χ4n) is 13.5. The Balaban J connectivity index is 0.000000137. The van der Waals surface area contributed by atoms with E-state index in [-0.39, 0.29) is 47.0 Å². The number of ether oxygens (including phenoxy) is 1. The van der Waals surface area contributed by atoms with Crippen molar-refractivity contribution >= 4 is 93.5 Å². The minimum Gasteiger partial charge on any atom is -0.433 e. The fraction of sp³-hybridized carbons (Fsp3) is 0.289. The van der Waals surface area contributed by atoms with Gasteiger partial charge in [0.15, 0.2) is 0 Å². The number of hydrogen-bond acceptors (Lipinski definition) is 16. The van der Waals surface area contributed by atoms with Crippen molar-refractivity contribution < 1.29 is 32.3 Å². The van der Waals surface area contributed by atoms with Crippen LogP contribution in [0.25, 0.3) is 34.9 Å². The topological polar surface area (TPSA) is 232 Å². The highest BCUT2D eigenvalue weighted by Gasteiger charge is 2.35. The summed E-state index contributed by atoms with van der Waals surface area (Å²) in [4.78, 5) is 90.3. The molecule has 3 aromatic carbocycles. The Morgan fingerprint density at radius 1 is 0.510 bits per heavy atom. The summed E-state index contributed by atoms with van der Waals surface area (Å²) >= 11 is 5.83. The number of alkyl halides is 2. The molecule has 0 unspecified atom stereocenters. The van der Waals surface area contributed by atoms with Crippen LogP contribution in [-0.2, 0) is 25.8 Å². The second-order valence-corrected chi connectivity index (χ2v) is 26.4. The molecule has 6 aromatic heterocycles. The van der Waals surface area contributed by atoms with Gasteiger partial charge in [-0.3, -0.25) is 15.0 Å². The van der Waals surface area contributed by atoms with E-state index >= 15 is 0 Å². The molecule has 0 bridgehead atoms. The van der Waals surface area contributed by atoms with Crippen molar-refractivity contribution in [2.45, 2.75) is 84.7 Å². The number of urea groups is 3. The first-order chi connectivity index (χ1) is 49.3. The highest BCUT2D eigenvalue weighted by molar-refractivity contribution is 6.31. The molecule has 6 amide bonds. The molecule has 3 fully saturated rings. The van der Waals surface area contributed by atoms with E-state index in [1.54, 1.807) is 53.6 Å². The monoisotopic (exact) mass is 1400 g/mol. The summed E-state index contributed by atoms with van der Waals surface area (Å²) in [5, 5.41) is 8.69. The van der Waals surface area contributed by atoms with Crippen LogP contribution in [0, 0.1) is 12.7 Å². The zero-order valence-corrected chi connectivity index (χ0v) is 57.8. The average Bonchev–Trinajstić information content (AvgIpc) is 1.70. The van der Waals surface area contributed by atoms with Crippen LogP contribution in [0.2, 0.25) is 5.02 Å². The Kier molecular flexibility index (Phi) is 20.8. The number of allylic oxidation sites excluding steroid dienone is 3. The number of fused-ring (bicyclic) bond motifs is 3. The fourth-order valence-corrected chi connectivity index (χ4v) is 13.7. The summed E-state index contributed by atoms with van der Waals surface area (Å²) in [6.07, 6.45) is 21.2. The number of nitrogens with zero attached hydrogens (tertiary/aromatic N) is 15. The van der Waals surface area contributed by atoms with Gasteiger partial charge in [0.2, 0.25) is 0 Å². The normalized spacial score (nSPS) is 17.5. The maximum atomic E-state index is 13.4. The summed E-state index contributed by atoms with van der Waals surface area (Å²) in [6, 6.07) is 29.8. The number of carbonyl (C=O) groups is 3. The van der Waals surface area contributed by atoms with Gasteiger partial charge in [0.1, 0.15) is 48.0 Å². The average molecular weight is 1400 g/mol. The zero-order chi connectivity index (χ0) is 71.0. The number of halogens is 4. The molecule has 3 atom stereocenters. The lowest BCUT2D eigenvalue weighted by Gasteiger charge is -2.40. The number of nitrogens with one attached hydrogen (secondary N) is 3. The molecule has 0 radical (unpaired) electrons. The first kappa shape index (κ1) is 69.2. The van der Waals surface area contributed by atoms with Crippen LogP contribution in [-0.4, -0.2) is 161 Å². The molecule has 3 N–H and O–H groups in total. The van der Waals surface area contributed by atoms with Gasteiger partial charge in [-0.05, 0) is 164 Å². The van der Waals surface area contributed by atoms with Gasteiger partial charge in [-0.15, -0.1) is 0 Å². The SMILES string of the molecule is C[C@H]1CN(c2ncnc3c2C=C(c2ccncc2)C3)CCN1C(=O)Nc1ccc(F)c(Cl)c1.C[C@H]1CN(c2ncnc3c2C=C(c2ccncc2)C3)CCN1C(=O)Nc1ccc(OC(C)(F)F)cc1.Cc1ccc(CNC(=O)N2CCN(c3ncnc4c3C=C(c3ccncc3)C4)C[C@@H]2C)cc1. The van der Waals surface area contributed by atoms with Crippen molar-refractivity contribution in [2.24, 2.45) is 0 Å². The molecule has 22 nitrogen and oxygen atoms in total. The highest BCUT2D eigenvalue weighted by atomic mass is 35.5. The third-order valence-corrected chi connectivity index (χ3v) is 19.0. The van der Waals surface area contributed by atoms with Crippen molar-refractivity contribution in [1.82, 2.24) is 64.9 Å². The number of benzene rings is 3. The summed E-state index contributed by atoms with van der Waals surface area (Å²) < 4.78 is 44.0. The third-order valence-electron chi connectivity index (χ3n) is 18.7. The molecule has 26 heteroatoms. The smallest absolute Gasteiger partial charge is 0.394 e. The van der Waals surface area contributed by atoms with Gasteiger partial charge in [0, 0.05) is 175 Å². The third kappa shape index (κ3) is 16.3. The largest absolute Gasteiger partial charge is 0.433 e. The van der Waals surface area contributed by atoms with Crippen LogP contribution >= 0.6 is 11.6 Å². The Labute approximate surface area is 594 Å². The first-order valence-electron chi connectivity index (χ1n) is 33.8. The lowest BCUT2D eigenvalue weighted by Crippen LogP contribution is -2.56. The van der Waals surface area contributed by atoms with E-state index in [1.165, 1.54) is 64.7 Å². The van der Waals surface area contributed by atoms with Crippen LogP contribution in [0.3, 0.4) is 0 Å². The van der Waals surface area contributed by atoms with Gasteiger partial charge in [0.05, 0.1) is 22.1 Å². The minimum absolute atomic E-state index is 0.0180. The molecule has 522 valence electrons. The molecule has 0 saturated carbocycles. The number of carbonyl (C=O) groups excluding carboxylic acids is 3. The minimum atomic E-state index is -3.26. The number of pyridine rings is 3. The van der Waals surface area contributed by atoms with Gasteiger partial charge in [-0.2, -0.15) is 8.78 Å². The summed E-state index contributed by atoms with van der Waals surface area (Å²) in [5.74, 6) is 2.23. The predicted octanol–water partition coefficient (Wildman–Crippen LogP) is 12.9. The van der Waals surface area contributed by atoms with Gasteiger partial charge in [-0.1, -0.05) is 41.4 Å². The van der Waals surface area contributed by atoms with E-state index in [0.717, 1.165) is 106 Å². The number of aryl methyl sites for hydroxylation is 1. The molecule has 3 aliphatic heterocycles. The number of anilines is 5. The van der Waals surface area contributed by atoms with Gasteiger partial charge in [-0.25, -0.2) is 48.7 Å². The van der Waals surface area contributed by atoms with E-state index < -0.39 is 11.9 Å². The lowest BCUT2D eigenvalue weighted by molar-refractivity contribution is -0.158. The van der Waals surface area contributed by atoms with E-state index in [1.807, 2.05) is 67.5 Å².